The second-order valence-corrected chi connectivity index (χ2v) is 4.78. The van der Waals surface area contributed by atoms with E-state index in [0.717, 1.165) is 56.2 Å². The maximum absolute atomic E-state index is 5.65. The van der Waals surface area contributed by atoms with E-state index in [-0.39, 0.29) is 0 Å². The van der Waals surface area contributed by atoms with Gasteiger partial charge in [-0.3, -0.25) is 0 Å². The van der Waals surface area contributed by atoms with E-state index in [4.69, 9.17) is 4.74 Å². The van der Waals surface area contributed by atoms with Crippen LogP contribution >= 0.6 is 0 Å². The van der Waals surface area contributed by atoms with Crippen molar-refractivity contribution in [3.05, 3.63) is 17.6 Å². The summed E-state index contributed by atoms with van der Waals surface area (Å²) in [7, 11) is 0. The molecule has 100 valence electrons. The predicted molar refractivity (Wildman–Crippen MR) is 72.9 cm³/mol. The molecule has 1 atom stereocenters. The molecule has 2 rings (SSSR count). The van der Waals surface area contributed by atoms with Gasteiger partial charge in [0.05, 0.1) is 6.10 Å². The van der Waals surface area contributed by atoms with Gasteiger partial charge in [0.2, 0.25) is 0 Å². The summed E-state index contributed by atoms with van der Waals surface area (Å²) in [5.74, 6) is 1.87. The average molecular weight is 249 g/mol. The third kappa shape index (κ3) is 3.67. The van der Waals surface area contributed by atoms with Gasteiger partial charge >= 0.3 is 0 Å². The van der Waals surface area contributed by atoms with Crippen molar-refractivity contribution in [2.24, 2.45) is 0 Å². The molecule has 0 spiro atoms. The van der Waals surface area contributed by atoms with Crippen LogP contribution in [-0.2, 0) is 17.6 Å². The summed E-state index contributed by atoms with van der Waals surface area (Å²) in [4.78, 5) is 9.17. The molecular weight excluding hydrogens is 226 g/mol. The highest BCUT2D eigenvalue weighted by molar-refractivity contribution is 5.36. The first-order valence-electron chi connectivity index (χ1n) is 7.04. The van der Waals surface area contributed by atoms with Crippen molar-refractivity contribution < 1.29 is 4.74 Å². The van der Waals surface area contributed by atoms with Crippen LogP contribution < -0.4 is 5.32 Å². The molecule has 0 saturated carbocycles. The minimum atomic E-state index is 0.316. The molecule has 4 nitrogen and oxygen atoms in total. The second-order valence-electron chi connectivity index (χ2n) is 4.78. The number of ether oxygens (including phenoxy) is 1. The molecule has 1 aliphatic rings. The number of anilines is 1. The van der Waals surface area contributed by atoms with E-state index >= 15 is 0 Å². The van der Waals surface area contributed by atoms with E-state index in [1.807, 2.05) is 0 Å². The Morgan fingerprint density at radius 3 is 2.94 bits per heavy atom. The smallest absolute Gasteiger partial charge is 0.133 e. The average Bonchev–Trinajstić information content (AvgIpc) is 2.89. The molecule has 1 unspecified atom stereocenters. The zero-order valence-electron chi connectivity index (χ0n) is 11.4. The first kappa shape index (κ1) is 13.3. The zero-order chi connectivity index (χ0) is 12.8. The maximum Gasteiger partial charge on any atom is 0.133 e. The van der Waals surface area contributed by atoms with Crippen LogP contribution in [-0.4, -0.2) is 29.2 Å². The Balaban J connectivity index is 2.06. The van der Waals surface area contributed by atoms with Crippen LogP contribution in [0.4, 0.5) is 5.82 Å². The van der Waals surface area contributed by atoms with Crippen LogP contribution in [0.5, 0.6) is 0 Å². The van der Waals surface area contributed by atoms with Gasteiger partial charge in [-0.2, -0.15) is 0 Å². The molecular formula is C14H23N3O. The molecule has 1 aromatic heterocycles. The van der Waals surface area contributed by atoms with E-state index in [2.05, 4.69) is 35.2 Å². The zero-order valence-corrected chi connectivity index (χ0v) is 11.4. The van der Waals surface area contributed by atoms with Gasteiger partial charge in [0.1, 0.15) is 11.6 Å². The Hall–Kier alpha value is -1.16. The molecule has 1 aromatic rings. The molecule has 18 heavy (non-hydrogen) atoms. The Bertz CT molecular complexity index is 375. The molecule has 0 aromatic carbocycles. The van der Waals surface area contributed by atoms with Gasteiger partial charge in [-0.1, -0.05) is 13.8 Å². The Morgan fingerprint density at radius 1 is 1.39 bits per heavy atom. The molecule has 1 saturated heterocycles. The van der Waals surface area contributed by atoms with Crippen LogP contribution in [0.1, 0.15) is 44.6 Å². The standard InChI is InChI=1S/C14H23N3O/c1-3-7-15-13-9-11(4-2)16-14(17-13)10-12-6-5-8-18-12/h9,12H,3-8,10H2,1-2H3,(H,15,16,17). The lowest BCUT2D eigenvalue weighted by atomic mass is 10.1. The molecule has 4 heteroatoms. The van der Waals surface area contributed by atoms with Crippen molar-refractivity contribution in [2.75, 3.05) is 18.5 Å². The Labute approximate surface area is 109 Å². The molecule has 1 aliphatic heterocycles. The van der Waals surface area contributed by atoms with Crippen molar-refractivity contribution in [2.45, 2.75) is 52.1 Å². The van der Waals surface area contributed by atoms with Gasteiger partial charge < -0.3 is 10.1 Å². The summed E-state index contributed by atoms with van der Waals surface area (Å²) in [6.07, 6.45) is 5.51. The summed E-state index contributed by atoms with van der Waals surface area (Å²) in [5.41, 5.74) is 1.11. The normalized spacial score (nSPS) is 19.1. The Kier molecular flexibility index (Phi) is 4.93. The van der Waals surface area contributed by atoms with E-state index in [1.165, 1.54) is 6.42 Å². The summed E-state index contributed by atoms with van der Waals surface area (Å²) in [5, 5.41) is 3.34. The molecule has 1 N–H and O–H groups in total. The van der Waals surface area contributed by atoms with E-state index in [0.29, 0.717) is 6.10 Å². The molecule has 0 aliphatic carbocycles. The number of rotatable bonds is 6. The Morgan fingerprint density at radius 2 is 2.28 bits per heavy atom. The third-order valence-electron chi connectivity index (χ3n) is 3.18. The first-order valence-corrected chi connectivity index (χ1v) is 7.04. The van der Waals surface area contributed by atoms with Crippen molar-refractivity contribution in [1.82, 2.24) is 9.97 Å². The highest BCUT2D eigenvalue weighted by Crippen LogP contribution is 2.17. The minimum Gasteiger partial charge on any atom is -0.378 e. The highest BCUT2D eigenvalue weighted by Gasteiger charge is 2.17. The van der Waals surface area contributed by atoms with Crippen molar-refractivity contribution in [3.8, 4) is 0 Å². The lowest BCUT2D eigenvalue weighted by Gasteiger charge is -2.11. The summed E-state index contributed by atoms with van der Waals surface area (Å²) in [6, 6.07) is 2.05. The number of hydrogen-bond donors (Lipinski definition) is 1. The van der Waals surface area contributed by atoms with E-state index in [9.17, 15) is 0 Å². The van der Waals surface area contributed by atoms with Crippen LogP contribution in [0.3, 0.4) is 0 Å². The monoisotopic (exact) mass is 249 g/mol. The van der Waals surface area contributed by atoms with E-state index < -0.39 is 0 Å². The lowest BCUT2D eigenvalue weighted by molar-refractivity contribution is 0.110. The molecule has 0 amide bonds. The van der Waals surface area contributed by atoms with Crippen LogP contribution in [0, 0.1) is 0 Å². The molecule has 0 bridgehead atoms. The minimum absolute atomic E-state index is 0.316. The van der Waals surface area contributed by atoms with Crippen LogP contribution in [0.2, 0.25) is 0 Å². The second kappa shape index (κ2) is 6.69. The van der Waals surface area contributed by atoms with Gasteiger partial charge in [0.15, 0.2) is 0 Å². The third-order valence-corrected chi connectivity index (χ3v) is 3.18. The van der Waals surface area contributed by atoms with Crippen molar-refractivity contribution in [1.29, 1.82) is 0 Å². The quantitative estimate of drug-likeness (QED) is 0.841. The topological polar surface area (TPSA) is 47.0 Å². The predicted octanol–water partition coefficient (Wildman–Crippen LogP) is 2.58. The molecule has 0 radical (unpaired) electrons. The van der Waals surface area contributed by atoms with Gasteiger partial charge in [0, 0.05) is 31.3 Å². The summed E-state index contributed by atoms with van der Waals surface area (Å²) in [6.45, 7) is 6.13. The SMILES string of the molecule is CCCNc1cc(CC)nc(CC2CCCO2)n1. The number of nitrogens with one attached hydrogen (secondary N) is 1. The van der Waals surface area contributed by atoms with Gasteiger partial charge in [0.25, 0.3) is 0 Å². The lowest BCUT2D eigenvalue weighted by Crippen LogP contribution is -2.14. The highest BCUT2D eigenvalue weighted by atomic mass is 16.5. The maximum atomic E-state index is 5.65. The molecule has 2 heterocycles. The van der Waals surface area contributed by atoms with Gasteiger partial charge in [-0.25, -0.2) is 9.97 Å². The summed E-state index contributed by atoms with van der Waals surface area (Å²) < 4.78 is 5.65. The van der Waals surface area contributed by atoms with Gasteiger partial charge in [-0.05, 0) is 25.7 Å². The summed E-state index contributed by atoms with van der Waals surface area (Å²) >= 11 is 0. The van der Waals surface area contributed by atoms with E-state index in [1.54, 1.807) is 0 Å². The number of hydrogen-bond acceptors (Lipinski definition) is 4. The molecule has 1 fully saturated rings. The largest absolute Gasteiger partial charge is 0.378 e. The fraction of sp³-hybridized carbons (Fsp3) is 0.714. The number of aromatic nitrogens is 2. The van der Waals surface area contributed by atoms with Crippen LogP contribution in [0.25, 0.3) is 0 Å². The fourth-order valence-electron chi connectivity index (χ4n) is 2.18. The van der Waals surface area contributed by atoms with Crippen LogP contribution in [0.15, 0.2) is 6.07 Å². The number of aryl methyl sites for hydroxylation is 1. The van der Waals surface area contributed by atoms with Gasteiger partial charge in [-0.15, -0.1) is 0 Å². The fourth-order valence-corrected chi connectivity index (χ4v) is 2.18. The number of nitrogens with zero attached hydrogens (tertiary/aromatic N) is 2. The van der Waals surface area contributed by atoms with Crippen molar-refractivity contribution >= 4 is 5.82 Å². The van der Waals surface area contributed by atoms with Crippen molar-refractivity contribution in [3.63, 3.8) is 0 Å². The first-order chi connectivity index (χ1) is 8.81.